The van der Waals surface area contributed by atoms with Crippen LogP contribution in [0.2, 0.25) is 0 Å². The van der Waals surface area contributed by atoms with E-state index >= 15 is 0 Å². The average Bonchev–Trinajstić information content (AvgIpc) is 3.30. The molecular formula is C54H37BN2. The summed E-state index contributed by atoms with van der Waals surface area (Å²) in [5.41, 5.74) is 20.6. The minimum absolute atomic E-state index is 0.00601. The molecule has 2 aliphatic heterocycles. The zero-order valence-electron chi connectivity index (χ0n) is 31.3. The van der Waals surface area contributed by atoms with Gasteiger partial charge < -0.3 is 9.80 Å². The van der Waals surface area contributed by atoms with Crippen LogP contribution >= 0.6 is 0 Å². The lowest BCUT2D eigenvalue weighted by atomic mass is 9.33. The summed E-state index contributed by atoms with van der Waals surface area (Å²) in [5, 5.41) is 0. The molecule has 0 fully saturated rings. The Hall–Kier alpha value is -7.36. The summed E-state index contributed by atoms with van der Waals surface area (Å²) >= 11 is 0. The second kappa shape index (κ2) is 13.7. The molecule has 11 rings (SSSR count). The fourth-order valence-corrected chi connectivity index (χ4v) is 9.22. The second-order valence-corrected chi connectivity index (χ2v) is 14.8. The van der Waals surface area contributed by atoms with Crippen LogP contribution in [0.1, 0.15) is 0 Å². The van der Waals surface area contributed by atoms with Gasteiger partial charge in [-0.2, -0.15) is 0 Å². The van der Waals surface area contributed by atoms with Crippen LogP contribution in [0.5, 0.6) is 0 Å². The summed E-state index contributed by atoms with van der Waals surface area (Å²) < 4.78 is 0. The Balaban J connectivity index is 1.22. The van der Waals surface area contributed by atoms with Crippen molar-refractivity contribution in [3.05, 3.63) is 224 Å². The van der Waals surface area contributed by atoms with Gasteiger partial charge in [-0.3, -0.25) is 0 Å². The highest BCUT2D eigenvalue weighted by Gasteiger charge is 2.45. The Kier molecular flexibility index (Phi) is 7.96. The number of hydrogen-bond acceptors (Lipinski definition) is 2. The Bertz CT molecular complexity index is 2890. The normalized spacial score (nSPS) is 12.5. The lowest BCUT2D eigenvalue weighted by Crippen LogP contribution is -2.61. The molecule has 0 saturated carbocycles. The van der Waals surface area contributed by atoms with Gasteiger partial charge in [0.25, 0.3) is 6.71 Å². The van der Waals surface area contributed by atoms with E-state index in [1.165, 1.54) is 83.6 Å². The minimum Gasteiger partial charge on any atom is -0.311 e. The van der Waals surface area contributed by atoms with E-state index in [2.05, 4.69) is 234 Å². The monoisotopic (exact) mass is 724 g/mol. The third-order valence-corrected chi connectivity index (χ3v) is 11.7. The Morgan fingerprint density at radius 2 is 0.649 bits per heavy atom. The van der Waals surface area contributed by atoms with E-state index in [-0.39, 0.29) is 6.71 Å². The Labute approximate surface area is 334 Å². The van der Waals surface area contributed by atoms with Crippen molar-refractivity contribution in [1.29, 1.82) is 0 Å². The topological polar surface area (TPSA) is 6.48 Å². The molecule has 9 aromatic rings. The molecule has 0 aliphatic carbocycles. The molecule has 0 unspecified atom stereocenters. The van der Waals surface area contributed by atoms with Gasteiger partial charge in [-0.25, -0.2) is 0 Å². The fourth-order valence-electron chi connectivity index (χ4n) is 9.22. The third kappa shape index (κ3) is 5.43. The first kappa shape index (κ1) is 33.0. The van der Waals surface area contributed by atoms with Gasteiger partial charge in [0, 0.05) is 45.1 Å². The summed E-state index contributed by atoms with van der Waals surface area (Å²) in [6, 6.07) is 81.9. The summed E-state index contributed by atoms with van der Waals surface area (Å²) in [5.74, 6) is 0. The number of para-hydroxylation sites is 3. The fraction of sp³-hybridized carbons (Fsp3) is 0. The molecule has 57 heavy (non-hydrogen) atoms. The number of fused-ring (bicyclic) bond motifs is 4. The van der Waals surface area contributed by atoms with Crippen molar-refractivity contribution >= 4 is 57.2 Å². The second-order valence-electron chi connectivity index (χ2n) is 14.8. The number of rotatable bonds is 6. The highest BCUT2D eigenvalue weighted by atomic mass is 15.2. The molecule has 0 atom stereocenters. The maximum absolute atomic E-state index is 2.55. The van der Waals surface area contributed by atoms with E-state index in [0.717, 1.165) is 11.4 Å². The van der Waals surface area contributed by atoms with Gasteiger partial charge in [-0.15, -0.1) is 0 Å². The van der Waals surface area contributed by atoms with Crippen LogP contribution in [0, 0.1) is 0 Å². The van der Waals surface area contributed by atoms with Gasteiger partial charge in [0.15, 0.2) is 0 Å². The van der Waals surface area contributed by atoms with Crippen LogP contribution in [-0.4, -0.2) is 6.71 Å². The van der Waals surface area contributed by atoms with Crippen LogP contribution in [0.15, 0.2) is 224 Å². The van der Waals surface area contributed by atoms with Crippen molar-refractivity contribution in [3.8, 4) is 44.5 Å². The van der Waals surface area contributed by atoms with Gasteiger partial charge in [0.2, 0.25) is 0 Å². The van der Waals surface area contributed by atoms with Crippen LogP contribution < -0.4 is 26.2 Å². The van der Waals surface area contributed by atoms with E-state index in [9.17, 15) is 0 Å². The molecule has 2 aliphatic rings. The van der Waals surface area contributed by atoms with Crippen LogP contribution in [0.4, 0.5) is 34.1 Å². The first-order valence-electron chi connectivity index (χ1n) is 19.7. The zero-order chi connectivity index (χ0) is 37.7. The number of benzene rings is 9. The van der Waals surface area contributed by atoms with E-state index in [1.54, 1.807) is 0 Å². The lowest BCUT2D eigenvalue weighted by Gasteiger charge is -2.45. The smallest absolute Gasteiger partial charge is 0.252 e. The Morgan fingerprint density at radius 1 is 0.263 bits per heavy atom. The third-order valence-electron chi connectivity index (χ3n) is 11.7. The molecule has 0 bridgehead atoms. The van der Waals surface area contributed by atoms with Gasteiger partial charge >= 0.3 is 0 Å². The molecule has 3 heteroatoms. The predicted molar refractivity (Wildman–Crippen MR) is 242 cm³/mol. The van der Waals surface area contributed by atoms with Crippen molar-refractivity contribution in [3.63, 3.8) is 0 Å². The van der Waals surface area contributed by atoms with Gasteiger partial charge in [0.1, 0.15) is 0 Å². The highest BCUT2D eigenvalue weighted by molar-refractivity contribution is 7.00. The molecular weight excluding hydrogens is 687 g/mol. The Morgan fingerprint density at radius 3 is 1.21 bits per heavy atom. The van der Waals surface area contributed by atoms with Crippen LogP contribution in [-0.2, 0) is 0 Å². The van der Waals surface area contributed by atoms with Crippen molar-refractivity contribution in [2.45, 2.75) is 0 Å². The largest absolute Gasteiger partial charge is 0.311 e. The van der Waals surface area contributed by atoms with E-state index in [4.69, 9.17) is 0 Å². The molecule has 9 aromatic carbocycles. The minimum atomic E-state index is -0.00601. The zero-order valence-corrected chi connectivity index (χ0v) is 31.3. The van der Waals surface area contributed by atoms with Gasteiger partial charge in [0.05, 0.1) is 5.69 Å². The van der Waals surface area contributed by atoms with Crippen molar-refractivity contribution in [1.82, 2.24) is 0 Å². The van der Waals surface area contributed by atoms with E-state index < -0.39 is 0 Å². The van der Waals surface area contributed by atoms with E-state index in [0.29, 0.717) is 0 Å². The predicted octanol–water partition coefficient (Wildman–Crippen LogP) is 12.4. The van der Waals surface area contributed by atoms with Gasteiger partial charge in [-0.1, -0.05) is 194 Å². The maximum atomic E-state index is 2.55. The molecule has 0 N–H and O–H groups in total. The lowest BCUT2D eigenvalue weighted by molar-refractivity contribution is 1.25. The molecule has 2 nitrogen and oxygen atoms in total. The summed E-state index contributed by atoms with van der Waals surface area (Å²) in [6.45, 7) is -0.00601. The van der Waals surface area contributed by atoms with Crippen LogP contribution in [0.25, 0.3) is 44.5 Å². The molecule has 2 heterocycles. The highest BCUT2D eigenvalue weighted by Crippen LogP contribution is 2.50. The summed E-state index contributed by atoms with van der Waals surface area (Å²) in [4.78, 5) is 5.08. The number of hydrogen-bond donors (Lipinski definition) is 0. The van der Waals surface area contributed by atoms with Crippen molar-refractivity contribution < 1.29 is 0 Å². The van der Waals surface area contributed by atoms with E-state index in [1.807, 2.05) is 0 Å². The summed E-state index contributed by atoms with van der Waals surface area (Å²) in [6.07, 6.45) is 0. The molecule has 0 aromatic heterocycles. The molecule has 0 saturated heterocycles. The molecule has 266 valence electrons. The van der Waals surface area contributed by atoms with Crippen LogP contribution in [0.3, 0.4) is 0 Å². The molecule has 0 spiro atoms. The SMILES string of the molecule is c1ccc(-c2ccc(N3c4cccc5c4B(c4cccc(-c6ccccc6)c43)c3cccc(-c4ccccc4)c3N5c3ccccc3-c3ccccc3)cc2)cc1. The first-order valence-corrected chi connectivity index (χ1v) is 19.7. The summed E-state index contributed by atoms with van der Waals surface area (Å²) in [7, 11) is 0. The van der Waals surface area contributed by atoms with Crippen molar-refractivity contribution in [2.24, 2.45) is 0 Å². The molecule has 0 amide bonds. The maximum Gasteiger partial charge on any atom is 0.252 e. The molecule has 0 radical (unpaired) electrons. The van der Waals surface area contributed by atoms with Gasteiger partial charge in [-0.05, 0) is 74.5 Å². The van der Waals surface area contributed by atoms with Crippen molar-refractivity contribution in [2.75, 3.05) is 9.80 Å². The number of nitrogens with zero attached hydrogens (tertiary/aromatic N) is 2. The standard InChI is InChI=1S/C54H37BN2/c1-5-18-38(19-6-1)39-34-36-43(37-35-39)56-50-32-17-33-51-52(50)55(47-29-15-27-45(53(47)56)41-22-9-3-10-23-41)48-30-16-28-46(42-24-11-4-12-25-42)54(48)57(51)49-31-14-13-26-44(49)40-20-7-2-8-21-40/h1-37H. The number of anilines is 6. The average molecular weight is 725 g/mol. The first-order chi connectivity index (χ1) is 28.3. The quantitative estimate of drug-likeness (QED) is 0.158.